The van der Waals surface area contributed by atoms with Crippen molar-refractivity contribution in [3.05, 3.63) is 0 Å². The molecule has 0 aromatic carbocycles. The number of aliphatic carboxylic acids is 1. The fourth-order valence-corrected chi connectivity index (χ4v) is 2.56. The molecule has 0 aromatic heterocycles. The number of hydrogen-bond donors (Lipinski definition) is 2. The number of hydrogen-bond acceptors (Lipinski definition) is 2. The van der Waals surface area contributed by atoms with Crippen molar-refractivity contribution in [3.8, 4) is 0 Å². The first-order valence-electron chi connectivity index (χ1n) is 8.58. The van der Waals surface area contributed by atoms with Gasteiger partial charge in [-0.2, -0.15) is 0 Å². The molecule has 2 N–H and O–H groups in total. The summed E-state index contributed by atoms with van der Waals surface area (Å²) < 4.78 is 0. The van der Waals surface area contributed by atoms with Crippen molar-refractivity contribution >= 4 is 11.9 Å². The van der Waals surface area contributed by atoms with Gasteiger partial charge in [-0.25, -0.2) is 0 Å². The quantitative estimate of drug-likeness (QED) is 0.474. The Bertz CT molecular complexity index is 279. The molecule has 0 aliphatic carbocycles. The predicted molar refractivity (Wildman–Crippen MR) is 86.3 cm³/mol. The third-order valence-electron chi connectivity index (χ3n) is 3.85. The summed E-state index contributed by atoms with van der Waals surface area (Å²) in [5, 5.41) is 11.7. The van der Waals surface area contributed by atoms with E-state index >= 15 is 0 Å². The lowest BCUT2D eigenvalue weighted by Crippen LogP contribution is -2.25. The van der Waals surface area contributed by atoms with E-state index in [9.17, 15) is 9.59 Å². The highest BCUT2D eigenvalue weighted by Gasteiger charge is 2.10. The van der Waals surface area contributed by atoms with Crippen LogP contribution in [0.1, 0.15) is 84.5 Å². The number of amides is 1. The molecular weight excluding hydrogens is 266 g/mol. The second-order valence-corrected chi connectivity index (χ2v) is 5.89. The molecule has 4 heteroatoms. The summed E-state index contributed by atoms with van der Waals surface area (Å²) in [6.07, 6.45) is 10.4. The van der Waals surface area contributed by atoms with Crippen LogP contribution < -0.4 is 5.32 Å². The number of nitrogens with one attached hydrogen (secondary N) is 1. The van der Waals surface area contributed by atoms with E-state index in [1.54, 1.807) is 0 Å². The Kier molecular flexibility index (Phi) is 13.2. The Morgan fingerprint density at radius 2 is 1.62 bits per heavy atom. The highest BCUT2D eigenvalue weighted by atomic mass is 16.4. The maximum Gasteiger partial charge on any atom is 0.303 e. The molecule has 0 fully saturated rings. The van der Waals surface area contributed by atoms with Gasteiger partial charge in [-0.3, -0.25) is 9.59 Å². The lowest BCUT2D eigenvalue weighted by molar-refractivity contribution is -0.137. The van der Waals surface area contributed by atoms with Gasteiger partial charge in [0.2, 0.25) is 5.91 Å². The molecule has 1 unspecified atom stereocenters. The topological polar surface area (TPSA) is 66.4 Å². The Morgan fingerprint density at radius 1 is 0.905 bits per heavy atom. The average Bonchev–Trinajstić information content (AvgIpc) is 2.44. The number of carbonyl (C=O) groups is 2. The molecule has 1 amide bonds. The highest BCUT2D eigenvalue weighted by molar-refractivity contribution is 5.75. The largest absolute Gasteiger partial charge is 0.481 e. The van der Waals surface area contributed by atoms with Crippen LogP contribution in [-0.4, -0.2) is 23.5 Å². The number of carboxylic acid groups (broad SMARTS) is 1. The minimum absolute atomic E-state index is 0.139. The van der Waals surface area contributed by atoms with Crippen molar-refractivity contribution < 1.29 is 14.7 Å². The molecule has 0 saturated heterocycles. The molecule has 0 spiro atoms. The van der Waals surface area contributed by atoms with Crippen LogP contribution in [0.25, 0.3) is 0 Å². The van der Waals surface area contributed by atoms with E-state index in [1.165, 1.54) is 19.3 Å². The fourth-order valence-electron chi connectivity index (χ4n) is 2.56. The van der Waals surface area contributed by atoms with Crippen LogP contribution in [0.4, 0.5) is 0 Å². The van der Waals surface area contributed by atoms with Crippen molar-refractivity contribution in [2.45, 2.75) is 84.5 Å². The fraction of sp³-hybridized carbons (Fsp3) is 0.882. The van der Waals surface area contributed by atoms with Crippen LogP contribution in [0.3, 0.4) is 0 Å². The Hall–Kier alpha value is -1.06. The first-order valence-corrected chi connectivity index (χ1v) is 8.58. The number of carbonyl (C=O) groups excluding carboxylic acids is 1. The van der Waals surface area contributed by atoms with E-state index in [2.05, 4.69) is 19.2 Å². The summed E-state index contributed by atoms with van der Waals surface area (Å²) in [5.41, 5.74) is 0. The summed E-state index contributed by atoms with van der Waals surface area (Å²) in [6.45, 7) is 4.98. The van der Waals surface area contributed by atoms with E-state index in [4.69, 9.17) is 5.11 Å². The Morgan fingerprint density at radius 3 is 2.24 bits per heavy atom. The molecule has 0 bridgehead atoms. The molecule has 0 aliphatic rings. The molecule has 0 radical (unpaired) electrons. The molecule has 4 nitrogen and oxygen atoms in total. The number of unbranched alkanes of at least 4 members (excludes halogenated alkanes) is 4. The summed E-state index contributed by atoms with van der Waals surface area (Å²) in [4.78, 5) is 22.3. The van der Waals surface area contributed by atoms with Crippen LogP contribution in [-0.2, 0) is 9.59 Å². The minimum Gasteiger partial charge on any atom is -0.481 e. The van der Waals surface area contributed by atoms with Gasteiger partial charge in [-0.15, -0.1) is 0 Å². The predicted octanol–water partition coefficient (Wildman–Crippen LogP) is 4.13. The lowest BCUT2D eigenvalue weighted by Gasteiger charge is -2.15. The Balaban J connectivity index is 3.66. The normalized spacial score (nSPS) is 12.1. The standard InChI is InChI=1S/C17H33NO3/c1-3-5-6-7-8-10-16(19)18-14-13-15(9-4-2)11-12-17(20)21/h15H,3-14H2,1-2H3,(H,18,19)(H,20,21). The van der Waals surface area contributed by atoms with Crippen molar-refractivity contribution in [3.63, 3.8) is 0 Å². The summed E-state index contributed by atoms with van der Waals surface area (Å²) in [7, 11) is 0. The van der Waals surface area contributed by atoms with Crippen molar-refractivity contribution in [1.82, 2.24) is 5.32 Å². The molecule has 0 heterocycles. The van der Waals surface area contributed by atoms with E-state index in [1.807, 2.05) is 0 Å². The van der Waals surface area contributed by atoms with E-state index in [0.29, 0.717) is 18.9 Å². The van der Waals surface area contributed by atoms with Gasteiger partial charge in [-0.05, 0) is 25.2 Å². The second-order valence-electron chi connectivity index (χ2n) is 5.89. The average molecular weight is 299 g/mol. The van der Waals surface area contributed by atoms with Crippen LogP contribution in [0.2, 0.25) is 0 Å². The van der Waals surface area contributed by atoms with E-state index in [0.717, 1.165) is 38.5 Å². The first-order chi connectivity index (χ1) is 10.1. The molecule has 0 rings (SSSR count). The second kappa shape index (κ2) is 13.9. The van der Waals surface area contributed by atoms with Gasteiger partial charge < -0.3 is 10.4 Å². The minimum atomic E-state index is -0.729. The molecular formula is C17H33NO3. The van der Waals surface area contributed by atoms with Crippen LogP contribution in [0, 0.1) is 5.92 Å². The van der Waals surface area contributed by atoms with Gasteiger partial charge in [-0.1, -0.05) is 52.4 Å². The smallest absolute Gasteiger partial charge is 0.303 e. The van der Waals surface area contributed by atoms with Gasteiger partial charge in [0, 0.05) is 19.4 Å². The monoisotopic (exact) mass is 299 g/mol. The third kappa shape index (κ3) is 13.7. The maximum absolute atomic E-state index is 11.7. The zero-order valence-corrected chi connectivity index (χ0v) is 13.8. The molecule has 21 heavy (non-hydrogen) atoms. The third-order valence-corrected chi connectivity index (χ3v) is 3.85. The van der Waals surface area contributed by atoms with Crippen molar-refractivity contribution in [2.75, 3.05) is 6.54 Å². The molecule has 0 aliphatic heterocycles. The van der Waals surface area contributed by atoms with Gasteiger partial charge in [0.25, 0.3) is 0 Å². The number of rotatable bonds is 14. The van der Waals surface area contributed by atoms with E-state index in [-0.39, 0.29) is 12.3 Å². The van der Waals surface area contributed by atoms with E-state index < -0.39 is 5.97 Å². The highest BCUT2D eigenvalue weighted by Crippen LogP contribution is 2.17. The SMILES string of the molecule is CCCCCCCC(=O)NCCC(CCC)CCC(=O)O. The molecule has 124 valence electrons. The molecule has 1 atom stereocenters. The van der Waals surface area contributed by atoms with Crippen LogP contribution in [0.5, 0.6) is 0 Å². The zero-order valence-electron chi connectivity index (χ0n) is 13.8. The van der Waals surface area contributed by atoms with Gasteiger partial charge in [0.15, 0.2) is 0 Å². The number of carboxylic acids is 1. The summed E-state index contributed by atoms with van der Waals surface area (Å²) in [6, 6.07) is 0. The summed E-state index contributed by atoms with van der Waals surface area (Å²) >= 11 is 0. The van der Waals surface area contributed by atoms with Crippen LogP contribution >= 0.6 is 0 Å². The Labute approximate surface area is 129 Å². The van der Waals surface area contributed by atoms with Gasteiger partial charge in [0.05, 0.1) is 0 Å². The zero-order chi connectivity index (χ0) is 15.9. The van der Waals surface area contributed by atoms with Gasteiger partial charge in [0.1, 0.15) is 0 Å². The summed E-state index contributed by atoms with van der Waals surface area (Å²) in [5.74, 6) is -0.178. The first kappa shape index (κ1) is 19.9. The maximum atomic E-state index is 11.7. The van der Waals surface area contributed by atoms with Crippen molar-refractivity contribution in [2.24, 2.45) is 5.92 Å². The van der Waals surface area contributed by atoms with Crippen molar-refractivity contribution in [1.29, 1.82) is 0 Å². The van der Waals surface area contributed by atoms with Crippen LogP contribution in [0.15, 0.2) is 0 Å². The molecule has 0 aromatic rings. The lowest BCUT2D eigenvalue weighted by atomic mass is 9.94. The molecule has 0 saturated carbocycles. The van der Waals surface area contributed by atoms with Gasteiger partial charge >= 0.3 is 5.97 Å².